The Morgan fingerprint density at radius 2 is 1.98 bits per heavy atom. The SMILES string of the molecule is C=C[C@H](N)COCc1cc(SC(F)(F)F)cc(-c2cc3cn(-c4ccc([C@H](C)NCCCN=C(N)N)cc4)c(=O)nc3[nH]2)c1. The number of nitrogens with two attached hydrogens (primary N) is 3. The lowest BCUT2D eigenvalue weighted by Crippen LogP contribution is -2.24. The summed E-state index contributed by atoms with van der Waals surface area (Å²) < 4.78 is 46.7. The Kier molecular flexibility index (Phi) is 10.9. The Morgan fingerprint density at radius 1 is 1.23 bits per heavy atom. The molecule has 0 saturated carbocycles. The van der Waals surface area contributed by atoms with Crippen LogP contribution >= 0.6 is 11.8 Å². The molecule has 2 aromatic carbocycles. The van der Waals surface area contributed by atoms with Crippen molar-refractivity contribution in [1.82, 2.24) is 19.9 Å². The van der Waals surface area contributed by atoms with E-state index < -0.39 is 11.2 Å². The van der Waals surface area contributed by atoms with Crippen molar-refractivity contribution in [3.63, 3.8) is 0 Å². The first-order valence-electron chi connectivity index (χ1n) is 13.8. The normalized spacial score (nSPS) is 13.1. The van der Waals surface area contributed by atoms with E-state index in [0.717, 1.165) is 18.5 Å². The van der Waals surface area contributed by atoms with Crippen LogP contribution in [0.2, 0.25) is 0 Å². The molecule has 2 heterocycles. The van der Waals surface area contributed by atoms with Crippen molar-refractivity contribution in [2.45, 2.75) is 42.4 Å². The topological polar surface area (TPSA) is 162 Å². The van der Waals surface area contributed by atoms with E-state index in [1.165, 1.54) is 22.8 Å². The fourth-order valence-electron chi connectivity index (χ4n) is 4.46. The van der Waals surface area contributed by atoms with Gasteiger partial charge in [0.25, 0.3) is 0 Å². The van der Waals surface area contributed by atoms with E-state index in [-0.39, 0.29) is 47.9 Å². The Morgan fingerprint density at radius 3 is 2.66 bits per heavy atom. The fraction of sp³-hybridized carbons (Fsp3) is 0.300. The van der Waals surface area contributed by atoms with Gasteiger partial charge in [0.2, 0.25) is 0 Å². The minimum absolute atomic E-state index is 0.00498. The predicted octanol–water partition coefficient (Wildman–Crippen LogP) is 4.34. The molecule has 14 heteroatoms. The van der Waals surface area contributed by atoms with Crippen molar-refractivity contribution < 1.29 is 17.9 Å². The number of thioether (sulfide) groups is 1. The summed E-state index contributed by atoms with van der Waals surface area (Å²) in [4.78, 5) is 24.2. The lowest BCUT2D eigenvalue weighted by molar-refractivity contribution is -0.0328. The number of nitrogens with one attached hydrogen (secondary N) is 2. The molecule has 0 aliphatic heterocycles. The molecule has 0 saturated heterocycles. The molecular formula is C30H35F3N8O2S. The number of H-pyrrole nitrogens is 1. The number of rotatable bonds is 14. The van der Waals surface area contributed by atoms with Crippen LogP contribution in [0.4, 0.5) is 13.2 Å². The average molecular weight is 629 g/mol. The molecule has 0 amide bonds. The Balaban J connectivity index is 1.56. The van der Waals surface area contributed by atoms with Gasteiger partial charge in [0, 0.05) is 40.8 Å². The molecule has 0 spiro atoms. The van der Waals surface area contributed by atoms with Crippen molar-refractivity contribution in [3.8, 4) is 16.9 Å². The molecule has 0 unspecified atom stereocenters. The summed E-state index contributed by atoms with van der Waals surface area (Å²) >= 11 is -0.211. The number of fused-ring (bicyclic) bond motifs is 1. The first-order chi connectivity index (χ1) is 20.9. The second kappa shape index (κ2) is 14.6. The standard InChI is InChI=1S/C30H35F3N8O2S/c1-3-23(34)17-43-16-19-11-21(13-25(12-19)44-30(31,32)33)26-14-22-15-41(29(42)40-27(22)39-26)24-7-5-20(6-8-24)18(2)37-9-4-10-38-28(35)36/h3,5-8,11-15,18,23,37H,1,4,9-10,16-17,34H2,2H3,(H4,35,36,38)(H,39,40,42)/t18-,23-/m0/s1. The molecule has 0 aliphatic rings. The summed E-state index contributed by atoms with van der Waals surface area (Å²) in [5.41, 5.74) is 15.0. The molecule has 4 aromatic rings. The number of nitrogens with zero attached hydrogens (tertiary/aromatic N) is 3. The molecule has 0 aliphatic carbocycles. The first kappa shape index (κ1) is 32.8. The lowest BCUT2D eigenvalue weighted by Gasteiger charge is -2.15. The van der Waals surface area contributed by atoms with Crippen molar-refractivity contribution in [1.29, 1.82) is 0 Å². The molecule has 44 heavy (non-hydrogen) atoms. The summed E-state index contributed by atoms with van der Waals surface area (Å²) in [6.45, 7) is 7.14. The third-order valence-electron chi connectivity index (χ3n) is 6.65. The zero-order valence-corrected chi connectivity index (χ0v) is 24.9. The van der Waals surface area contributed by atoms with Crippen LogP contribution in [-0.4, -0.2) is 51.7 Å². The van der Waals surface area contributed by atoms with Crippen LogP contribution < -0.4 is 28.2 Å². The highest BCUT2D eigenvalue weighted by molar-refractivity contribution is 8.00. The highest BCUT2D eigenvalue weighted by Gasteiger charge is 2.29. The molecule has 0 bridgehead atoms. The summed E-state index contributed by atoms with van der Waals surface area (Å²) in [5.74, 6) is 0.0716. The molecule has 10 nitrogen and oxygen atoms in total. The van der Waals surface area contributed by atoms with E-state index in [1.807, 2.05) is 31.2 Å². The van der Waals surface area contributed by atoms with E-state index in [9.17, 15) is 18.0 Å². The number of aromatic amines is 1. The summed E-state index contributed by atoms with van der Waals surface area (Å²) in [5, 5.41) is 4.02. The minimum Gasteiger partial charge on any atom is -0.375 e. The van der Waals surface area contributed by atoms with Crippen LogP contribution in [0.25, 0.3) is 28.0 Å². The first-order valence-corrected chi connectivity index (χ1v) is 14.6. The maximum absolute atomic E-state index is 13.2. The van der Waals surface area contributed by atoms with Gasteiger partial charge >= 0.3 is 11.2 Å². The van der Waals surface area contributed by atoms with Gasteiger partial charge < -0.3 is 32.2 Å². The Hall–Kier alpha value is -4.11. The highest BCUT2D eigenvalue weighted by Crippen LogP contribution is 2.39. The van der Waals surface area contributed by atoms with E-state index in [1.54, 1.807) is 18.3 Å². The monoisotopic (exact) mass is 628 g/mol. The van der Waals surface area contributed by atoms with Crippen molar-refractivity contribution in [2.75, 3.05) is 19.7 Å². The molecular weight excluding hydrogens is 593 g/mol. The molecule has 0 radical (unpaired) electrons. The van der Waals surface area contributed by atoms with Crippen LogP contribution in [0.15, 0.2) is 82.1 Å². The fourth-order valence-corrected chi connectivity index (χ4v) is 5.12. The molecule has 2 atom stereocenters. The summed E-state index contributed by atoms with van der Waals surface area (Å²) in [6, 6.07) is 13.5. The lowest BCUT2D eigenvalue weighted by atomic mass is 10.1. The average Bonchev–Trinajstić information content (AvgIpc) is 3.38. The molecule has 0 fully saturated rings. The van der Waals surface area contributed by atoms with Gasteiger partial charge in [-0.3, -0.25) is 9.56 Å². The number of guanidine groups is 1. The highest BCUT2D eigenvalue weighted by atomic mass is 32.2. The predicted molar refractivity (Wildman–Crippen MR) is 169 cm³/mol. The van der Waals surface area contributed by atoms with Crippen molar-refractivity contribution >= 4 is 28.8 Å². The maximum atomic E-state index is 13.2. The largest absolute Gasteiger partial charge is 0.446 e. The van der Waals surface area contributed by atoms with Gasteiger partial charge in [0.15, 0.2) is 5.96 Å². The number of hydrogen-bond acceptors (Lipinski definition) is 7. The van der Waals surface area contributed by atoms with E-state index in [2.05, 4.69) is 26.9 Å². The third-order valence-corrected chi connectivity index (χ3v) is 7.35. The van der Waals surface area contributed by atoms with E-state index >= 15 is 0 Å². The number of alkyl halides is 3. The van der Waals surface area contributed by atoms with Crippen molar-refractivity contribution in [2.24, 2.45) is 22.2 Å². The molecule has 8 N–H and O–H groups in total. The molecule has 234 valence electrons. The van der Waals surface area contributed by atoms with Gasteiger partial charge in [-0.15, -0.1) is 6.58 Å². The zero-order valence-electron chi connectivity index (χ0n) is 24.1. The smallest absolute Gasteiger partial charge is 0.375 e. The van der Waals surface area contributed by atoms with Gasteiger partial charge in [-0.1, -0.05) is 18.2 Å². The zero-order chi connectivity index (χ0) is 31.9. The molecule has 2 aromatic heterocycles. The number of halogens is 3. The minimum atomic E-state index is -4.47. The van der Waals surface area contributed by atoms with E-state index in [0.29, 0.717) is 40.1 Å². The van der Waals surface area contributed by atoms with Gasteiger partial charge in [-0.2, -0.15) is 18.2 Å². The third kappa shape index (κ3) is 9.19. The Bertz CT molecular complexity index is 1660. The summed E-state index contributed by atoms with van der Waals surface area (Å²) in [6.07, 6.45) is 3.97. The van der Waals surface area contributed by atoms with Crippen LogP contribution in [0, 0.1) is 0 Å². The quantitative estimate of drug-likeness (QED) is 0.0453. The van der Waals surface area contributed by atoms with Gasteiger partial charge in [-0.05, 0) is 84.7 Å². The van der Waals surface area contributed by atoms with Crippen molar-refractivity contribution in [3.05, 3.63) is 89.0 Å². The summed E-state index contributed by atoms with van der Waals surface area (Å²) in [7, 11) is 0. The number of benzene rings is 2. The Labute approximate surface area is 256 Å². The van der Waals surface area contributed by atoms with Gasteiger partial charge in [-0.25, -0.2) is 4.79 Å². The maximum Gasteiger partial charge on any atom is 0.446 e. The van der Waals surface area contributed by atoms with Gasteiger partial charge in [0.05, 0.1) is 18.9 Å². The van der Waals surface area contributed by atoms with Crippen LogP contribution in [0.1, 0.15) is 30.5 Å². The van der Waals surface area contributed by atoms with E-state index in [4.69, 9.17) is 21.9 Å². The second-order valence-corrected chi connectivity index (χ2v) is 11.3. The number of ether oxygens (including phenoxy) is 1. The number of aromatic nitrogens is 3. The number of hydrogen-bond donors (Lipinski definition) is 5. The van der Waals surface area contributed by atoms with Crippen LogP contribution in [0.5, 0.6) is 0 Å². The number of aliphatic imine (C=N–C) groups is 1. The van der Waals surface area contributed by atoms with Crippen LogP contribution in [0.3, 0.4) is 0 Å². The second-order valence-electron chi connectivity index (χ2n) is 10.1. The van der Waals surface area contributed by atoms with Gasteiger partial charge in [0.1, 0.15) is 5.65 Å². The van der Waals surface area contributed by atoms with Crippen LogP contribution in [-0.2, 0) is 11.3 Å². The molecule has 4 rings (SSSR count).